The highest BCUT2D eigenvalue weighted by atomic mass is 16.6. The standard InChI is InChI=1S/C10H13N3O4/c1-12(6-2-3-10(14)15)8-4-5-9(11-7-8)13(16)17/h4-5,7H,2-3,6H2,1H3,(H,14,15). The third kappa shape index (κ3) is 4.06. The number of nitrogens with zero attached hydrogens (tertiary/aromatic N) is 3. The molecule has 1 heterocycles. The zero-order valence-corrected chi connectivity index (χ0v) is 9.37. The van der Waals surface area contributed by atoms with Crippen molar-refractivity contribution in [1.29, 1.82) is 0 Å². The van der Waals surface area contributed by atoms with Crippen LogP contribution >= 0.6 is 0 Å². The maximum Gasteiger partial charge on any atom is 0.363 e. The normalized spacial score (nSPS) is 9.94. The van der Waals surface area contributed by atoms with Crippen molar-refractivity contribution in [1.82, 2.24) is 4.98 Å². The molecule has 0 bridgehead atoms. The van der Waals surface area contributed by atoms with E-state index in [9.17, 15) is 14.9 Å². The summed E-state index contributed by atoms with van der Waals surface area (Å²) in [5.74, 6) is -1.03. The van der Waals surface area contributed by atoms with Crippen LogP contribution in [-0.2, 0) is 4.79 Å². The van der Waals surface area contributed by atoms with E-state index in [0.29, 0.717) is 13.0 Å². The molecule has 7 nitrogen and oxygen atoms in total. The van der Waals surface area contributed by atoms with Crippen LogP contribution in [-0.4, -0.2) is 34.6 Å². The van der Waals surface area contributed by atoms with E-state index in [-0.39, 0.29) is 12.2 Å². The van der Waals surface area contributed by atoms with Gasteiger partial charge in [0.2, 0.25) is 0 Å². The number of carboxylic acid groups (broad SMARTS) is 1. The Balaban J connectivity index is 2.54. The van der Waals surface area contributed by atoms with E-state index in [2.05, 4.69) is 4.98 Å². The van der Waals surface area contributed by atoms with Crippen molar-refractivity contribution >= 4 is 17.5 Å². The highest BCUT2D eigenvalue weighted by molar-refractivity contribution is 5.66. The van der Waals surface area contributed by atoms with Crippen LogP contribution in [0.4, 0.5) is 11.5 Å². The number of pyridine rings is 1. The second-order valence-electron chi connectivity index (χ2n) is 3.55. The summed E-state index contributed by atoms with van der Waals surface area (Å²) in [7, 11) is 1.78. The van der Waals surface area contributed by atoms with E-state index < -0.39 is 10.9 Å². The molecule has 0 aromatic carbocycles. The largest absolute Gasteiger partial charge is 0.481 e. The molecule has 17 heavy (non-hydrogen) atoms. The predicted molar refractivity (Wildman–Crippen MR) is 61.0 cm³/mol. The predicted octanol–water partition coefficient (Wildman–Crippen LogP) is 1.29. The molecular weight excluding hydrogens is 226 g/mol. The molecule has 1 aromatic heterocycles. The maximum atomic E-state index is 10.4. The lowest BCUT2D eigenvalue weighted by Crippen LogP contribution is -2.19. The van der Waals surface area contributed by atoms with Gasteiger partial charge in [-0.05, 0) is 22.4 Å². The lowest BCUT2D eigenvalue weighted by molar-refractivity contribution is -0.389. The van der Waals surface area contributed by atoms with Crippen molar-refractivity contribution in [3.8, 4) is 0 Å². The highest BCUT2D eigenvalue weighted by Crippen LogP contribution is 2.15. The second-order valence-corrected chi connectivity index (χ2v) is 3.55. The van der Waals surface area contributed by atoms with Gasteiger partial charge in [-0.3, -0.25) is 4.79 Å². The molecule has 0 saturated carbocycles. The van der Waals surface area contributed by atoms with Gasteiger partial charge in [0.1, 0.15) is 0 Å². The van der Waals surface area contributed by atoms with Crippen LogP contribution in [0.15, 0.2) is 18.3 Å². The van der Waals surface area contributed by atoms with Gasteiger partial charge in [-0.1, -0.05) is 0 Å². The molecule has 0 saturated heterocycles. The minimum Gasteiger partial charge on any atom is -0.481 e. The first-order chi connectivity index (χ1) is 8.00. The van der Waals surface area contributed by atoms with Crippen molar-refractivity contribution in [2.75, 3.05) is 18.5 Å². The minimum absolute atomic E-state index is 0.102. The molecule has 0 aliphatic rings. The van der Waals surface area contributed by atoms with Crippen molar-refractivity contribution < 1.29 is 14.8 Å². The van der Waals surface area contributed by atoms with Gasteiger partial charge in [-0.15, -0.1) is 0 Å². The molecule has 0 amide bonds. The smallest absolute Gasteiger partial charge is 0.363 e. The summed E-state index contributed by atoms with van der Waals surface area (Å²) in [5.41, 5.74) is 0.723. The molecule has 0 aliphatic carbocycles. The van der Waals surface area contributed by atoms with Gasteiger partial charge in [0.15, 0.2) is 6.20 Å². The summed E-state index contributed by atoms with van der Waals surface area (Å²) in [6.45, 7) is 0.561. The van der Waals surface area contributed by atoms with Crippen molar-refractivity contribution in [3.05, 3.63) is 28.4 Å². The zero-order chi connectivity index (χ0) is 12.8. The molecular formula is C10H13N3O4. The molecule has 7 heteroatoms. The molecule has 0 aliphatic heterocycles. The Morgan fingerprint density at radius 1 is 1.59 bits per heavy atom. The van der Waals surface area contributed by atoms with Crippen LogP contribution in [0.2, 0.25) is 0 Å². The van der Waals surface area contributed by atoms with Crippen LogP contribution in [0.3, 0.4) is 0 Å². The fraction of sp³-hybridized carbons (Fsp3) is 0.400. The van der Waals surface area contributed by atoms with Gasteiger partial charge in [-0.25, -0.2) is 0 Å². The molecule has 1 N–H and O–H groups in total. The van der Waals surface area contributed by atoms with Crippen LogP contribution in [0, 0.1) is 10.1 Å². The number of carbonyl (C=O) groups is 1. The first kappa shape index (κ1) is 12.9. The Kier molecular flexibility index (Phi) is 4.38. The fourth-order valence-corrected chi connectivity index (χ4v) is 1.31. The lowest BCUT2D eigenvalue weighted by atomic mass is 10.3. The van der Waals surface area contributed by atoms with Crippen molar-refractivity contribution in [2.24, 2.45) is 0 Å². The van der Waals surface area contributed by atoms with Crippen molar-refractivity contribution in [3.63, 3.8) is 0 Å². The molecule has 1 aromatic rings. The number of anilines is 1. The summed E-state index contributed by atoms with van der Waals surface area (Å²) in [5, 5.41) is 18.9. The van der Waals surface area contributed by atoms with Gasteiger partial charge in [-0.2, -0.15) is 0 Å². The Hall–Kier alpha value is -2.18. The number of carboxylic acids is 1. The third-order valence-corrected chi connectivity index (χ3v) is 2.24. The van der Waals surface area contributed by atoms with E-state index in [0.717, 1.165) is 5.69 Å². The Bertz CT molecular complexity index is 405. The van der Waals surface area contributed by atoms with E-state index in [1.54, 1.807) is 18.0 Å². The summed E-state index contributed by atoms with van der Waals surface area (Å²) < 4.78 is 0. The first-order valence-electron chi connectivity index (χ1n) is 5.04. The first-order valence-corrected chi connectivity index (χ1v) is 5.04. The van der Waals surface area contributed by atoms with Crippen LogP contribution in [0.25, 0.3) is 0 Å². The summed E-state index contributed by atoms with van der Waals surface area (Å²) >= 11 is 0. The third-order valence-electron chi connectivity index (χ3n) is 2.24. The molecule has 0 unspecified atom stereocenters. The van der Waals surface area contributed by atoms with Crippen LogP contribution in [0.5, 0.6) is 0 Å². The SMILES string of the molecule is CN(CCCC(=O)O)c1ccc([N+](=O)[O-])nc1. The molecule has 0 radical (unpaired) electrons. The monoisotopic (exact) mass is 239 g/mol. The second kappa shape index (κ2) is 5.78. The maximum absolute atomic E-state index is 10.4. The number of aromatic nitrogens is 1. The van der Waals surface area contributed by atoms with Gasteiger partial charge in [0.05, 0.1) is 5.69 Å². The number of hydrogen-bond acceptors (Lipinski definition) is 5. The number of hydrogen-bond donors (Lipinski definition) is 1. The molecule has 1 rings (SSSR count). The fourth-order valence-electron chi connectivity index (χ4n) is 1.31. The van der Waals surface area contributed by atoms with E-state index in [1.807, 2.05) is 0 Å². The lowest BCUT2D eigenvalue weighted by Gasteiger charge is -2.16. The quantitative estimate of drug-likeness (QED) is 0.593. The van der Waals surface area contributed by atoms with Crippen LogP contribution in [0.1, 0.15) is 12.8 Å². The average Bonchev–Trinajstić information content (AvgIpc) is 2.28. The average molecular weight is 239 g/mol. The van der Waals surface area contributed by atoms with Gasteiger partial charge >= 0.3 is 11.8 Å². The van der Waals surface area contributed by atoms with E-state index in [4.69, 9.17) is 5.11 Å². The zero-order valence-electron chi connectivity index (χ0n) is 9.37. The topological polar surface area (TPSA) is 96.6 Å². The number of aliphatic carboxylic acids is 1. The summed E-state index contributed by atoms with van der Waals surface area (Å²) in [6.07, 6.45) is 2.02. The summed E-state index contributed by atoms with van der Waals surface area (Å²) in [4.78, 5) is 25.7. The highest BCUT2D eigenvalue weighted by Gasteiger charge is 2.09. The molecule has 0 atom stereocenters. The Labute approximate surface area is 97.8 Å². The number of nitro groups is 1. The molecule has 0 spiro atoms. The number of rotatable bonds is 6. The van der Waals surface area contributed by atoms with Crippen LogP contribution < -0.4 is 4.90 Å². The summed E-state index contributed by atoms with van der Waals surface area (Å²) in [6, 6.07) is 2.91. The minimum atomic E-state index is -0.833. The van der Waals surface area contributed by atoms with E-state index in [1.165, 1.54) is 12.3 Å². The Morgan fingerprint density at radius 3 is 2.76 bits per heavy atom. The van der Waals surface area contributed by atoms with Gasteiger partial charge in [0, 0.05) is 26.1 Å². The van der Waals surface area contributed by atoms with Gasteiger partial charge in [0.25, 0.3) is 0 Å². The van der Waals surface area contributed by atoms with Crippen molar-refractivity contribution in [2.45, 2.75) is 12.8 Å². The van der Waals surface area contributed by atoms with E-state index >= 15 is 0 Å². The molecule has 92 valence electrons. The van der Waals surface area contributed by atoms with Gasteiger partial charge < -0.3 is 20.1 Å². The Morgan fingerprint density at radius 2 is 2.29 bits per heavy atom. The molecule has 0 fully saturated rings.